The molecule has 0 saturated carbocycles. The maximum absolute atomic E-state index is 13.7. The minimum absolute atomic E-state index is 0.0725. The first-order valence-corrected chi connectivity index (χ1v) is 17.1. The van der Waals surface area contributed by atoms with Gasteiger partial charge in [0.1, 0.15) is 18.2 Å². The lowest BCUT2D eigenvalue weighted by Crippen LogP contribution is -2.45. The fourth-order valence-electron chi connectivity index (χ4n) is 6.23. The van der Waals surface area contributed by atoms with Gasteiger partial charge in [0.25, 0.3) is 10.8 Å². The van der Waals surface area contributed by atoms with Gasteiger partial charge in [-0.05, 0) is 88.7 Å². The number of fused-ring (bicyclic) bond motifs is 2. The number of rotatable bonds is 13. The summed E-state index contributed by atoms with van der Waals surface area (Å²) in [5, 5.41) is 4.98. The molecule has 14 heteroatoms. The van der Waals surface area contributed by atoms with Crippen molar-refractivity contribution >= 4 is 50.0 Å². The molecule has 2 unspecified atom stereocenters. The Balaban J connectivity index is 1.31. The van der Waals surface area contributed by atoms with Crippen molar-refractivity contribution in [1.82, 2.24) is 19.9 Å². The van der Waals surface area contributed by atoms with Crippen molar-refractivity contribution in [2.45, 2.75) is 84.0 Å². The zero-order chi connectivity index (χ0) is 34.7. The van der Waals surface area contributed by atoms with Gasteiger partial charge in [-0.25, -0.2) is 4.98 Å². The number of benzene rings is 1. The van der Waals surface area contributed by atoms with Crippen molar-refractivity contribution in [3.8, 4) is 16.9 Å². The summed E-state index contributed by atoms with van der Waals surface area (Å²) in [6.45, 7) is 9.35. The molecule has 0 saturated heterocycles. The summed E-state index contributed by atoms with van der Waals surface area (Å²) in [5.41, 5.74) is 4.21. The number of thiophene rings is 1. The Kier molecular flexibility index (Phi) is 11.3. The molecule has 1 aliphatic rings. The lowest BCUT2D eigenvalue weighted by Gasteiger charge is -2.30. The molecular formula is C34H35Cl2F3N4O4S. The van der Waals surface area contributed by atoms with E-state index in [0.29, 0.717) is 63.8 Å². The van der Waals surface area contributed by atoms with Gasteiger partial charge in [0.05, 0.1) is 34.1 Å². The first kappa shape index (κ1) is 36.0. The standard InChI is InChI=1S/C34H35Cl2F3N4O4S/c1-5-6-23(47-34(37,38)39)13-18(2)40-22-8-9-28-26(16-22)33(45)43(20(4)42-28)11-12-46-29-10-7-21(35)15-24(29)25-14-19(3)41-30-27(32(36)44)17-48-31(25)30/h5,7,10,14-15,17-18,22-23,40H,1,6,8-9,11-13,16H2,2-4H3/t18-,22?,23?/m0/s1. The zero-order valence-electron chi connectivity index (χ0n) is 26.6. The highest BCUT2D eigenvalue weighted by Gasteiger charge is 2.34. The number of nitrogens with one attached hydrogen (secondary N) is 1. The van der Waals surface area contributed by atoms with E-state index in [0.717, 1.165) is 16.0 Å². The molecule has 3 aromatic heterocycles. The fraction of sp³-hybridized carbons (Fsp3) is 0.412. The van der Waals surface area contributed by atoms with Crippen LogP contribution < -0.4 is 15.6 Å². The van der Waals surface area contributed by atoms with Crippen LogP contribution in [0.4, 0.5) is 13.2 Å². The Morgan fingerprint density at radius 1 is 1.25 bits per heavy atom. The van der Waals surface area contributed by atoms with E-state index < -0.39 is 17.7 Å². The largest absolute Gasteiger partial charge is 0.522 e. The molecule has 5 rings (SSSR count). The van der Waals surface area contributed by atoms with Gasteiger partial charge >= 0.3 is 6.36 Å². The first-order chi connectivity index (χ1) is 22.7. The van der Waals surface area contributed by atoms with Gasteiger partial charge in [0, 0.05) is 44.9 Å². The number of hydrogen-bond donors (Lipinski definition) is 1. The van der Waals surface area contributed by atoms with Gasteiger partial charge in [-0.15, -0.1) is 31.1 Å². The van der Waals surface area contributed by atoms with E-state index in [1.165, 1.54) is 17.4 Å². The van der Waals surface area contributed by atoms with Crippen molar-refractivity contribution in [2.75, 3.05) is 6.61 Å². The normalized spacial score (nSPS) is 16.0. The Labute approximate surface area is 289 Å². The SMILES string of the molecule is C=CCC(C[C@H](C)NC1CCc2nc(C)n(CCOc3ccc(Cl)cc3-c3cc(C)nc4c(C(=O)Cl)csc34)c(=O)c2C1)OC(F)(F)F. The average Bonchev–Trinajstić information content (AvgIpc) is 3.43. The van der Waals surface area contributed by atoms with Crippen molar-refractivity contribution in [3.05, 3.63) is 86.0 Å². The molecule has 0 aliphatic heterocycles. The van der Waals surface area contributed by atoms with Crippen molar-refractivity contribution in [3.63, 3.8) is 0 Å². The molecule has 3 heterocycles. The molecule has 3 atom stereocenters. The van der Waals surface area contributed by atoms with Crippen molar-refractivity contribution < 1.29 is 27.4 Å². The van der Waals surface area contributed by atoms with E-state index in [1.807, 2.05) is 19.9 Å². The first-order valence-electron chi connectivity index (χ1n) is 15.5. The van der Waals surface area contributed by atoms with Crippen LogP contribution in [0.2, 0.25) is 5.02 Å². The summed E-state index contributed by atoms with van der Waals surface area (Å²) in [6.07, 6.45) is -2.46. The fourth-order valence-corrected chi connectivity index (χ4v) is 7.63. The van der Waals surface area contributed by atoms with E-state index in [1.54, 1.807) is 35.1 Å². The van der Waals surface area contributed by atoms with Gasteiger partial charge in [-0.3, -0.25) is 23.9 Å². The van der Waals surface area contributed by atoms with Gasteiger partial charge in [0.2, 0.25) is 0 Å². The third kappa shape index (κ3) is 8.46. The number of aryl methyl sites for hydroxylation is 3. The van der Waals surface area contributed by atoms with Gasteiger partial charge in [-0.2, -0.15) is 0 Å². The number of halogens is 5. The number of alkyl halides is 3. The number of ether oxygens (including phenoxy) is 2. The van der Waals surface area contributed by atoms with Crippen LogP contribution in [0.25, 0.3) is 21.3 Å². The van der Waals surface area contributed by atoms with E-state index in [-0.39, 0.29) is 43.6 Å². The summed E-state index contributed by atoms with van der Waals surface area (Å²) >= 11 is 13.6. The monoisotopic (exact) mass is 722 g/mol. The molecule has 0 radical (unpaired) electrons. The summed E-state index contributed by atoms with van der Waals surface area (Å²) in [4.78, 5) is 35.0. The molecule has 1 N–H and O–H groups in total. The highest BCUT2D eigenvalue weighted by Crippen LogP contribution is 2.40. The minimum atomic E-state index is -4.73. The van der Waals surface area contributed by atoms with E-state index in [2.05, 4.69) is 21.6 Å². The second-order valence-electron chi connectivity index (χ2n) is 11.9. The second-order valence-corrected chi connectivity index (χ2v) is 13.6. The number of nitrogens with zero attached hydrogens (tertiary/aromatic N) is 3. The van der Waals surface area contributed by atoms with Crippen LogP contribution in [0.3, 0.4) is 0 Å². The lowest BCUT2D eigenvalue weighted by atomic mass is 9.91. The highest BCUT2D eigenvalue weighted by atomic mass is 35.5. The quantitative estimate of drug-likeness (QED) is 0.111. The van der Waals surface area contributed by atoms with E-state index >= 15 is 0 Å². The van der Waals surface area contributed by atoms with Crippen LogP contribution in [0.15, 0.2) is 47.1 Å². The molecular weight excluding hydrogens is 688 g/mol. The predicted molar refractivity (Wildman–Crippen MR) is 182 cm³/mol. The number of hydrogen-bond acceptors (Lipinski definition) is 8. The summed E-state index contributed by atoms with van der Waals surface area (Å²) in [7, 11) is 0. The van der Waals surface area contributed by atoms with Crippen LogP contribution in [-0.4, -0.2) is 50.9 Å². The molecule has 256 valence electrons. The molecule has 0 amide bonds. The Hall–Kier alpha value is -3.29. The van der Waals surface area contributed by atoms with E-state index in [9.17, 15) is 22.8 Å². The Morgan fingerprint density at radius 2 is 2.02 bits per heavy atom. The zero-order valence-corrected chi connectivity index (χ0v) is 29.0. The maximum atomic E-state index is 13.7. The molecule has 48 heavy (non-hydrogen) atoms. The summed E-state index contributed by atoms with van der Waals surface area (Å²) in [6, 6.07) is 6.78. The van der Waals surface area contributed by atoms with Crippen LogP contribution in [-0.2, 0) is 24.1 Å². The Morgan fingerprint density at radius 3 is 2.73 bits per heavy atom. The highest BCUT2D eigenvalue weighted by molar-refractivity contribution is 7.18. The third-order valence-corrected chi connectivity index (χ3v) is 9.69. The van der Waals surface area contributed by atoms with E-state index in [4.69, 9.17) is 32.9 Å². The number of pyridine rings is 1. The number of carbonyl (C=O) groups is 1. The van der Waals surface area contributed by atoms with Crippen LogP contribution in [0.5, 0.6) is 5.75 Å². The smallest absolute Gasteiger partial charge is 0.491 e. The average molecular weight is 724 g/mol. The van der Waals surface area contributed by atoms with Crippen LogP contribution in [0.1, 0.15) is 59.3 Å². The van der Waals surface area contributed by atoms with Crippen LogP contribution in [0, 0.1) is 13.8 Å². The van der Waals surface area contributed by atoms with Gasteiger partial charge in [-0.1, -0.05) is 17.7 Å². The van der Waals surface area contributed by atoms with Crippen molar-refractivity contribution in [1.29, 1.82) is 0 Å². The topological polar surface area (TPSA) is 95.3 Å². The third-order valence-electron chi connectivity index (χ3n) is 8.25. The van der Waals surface area contributed by atoms with Crippen molar-refractivity contribution in [2.24, 2.45) is 0 Å². The van der Waals surface area contributed by atoms with Crippen LogP contribution >= 0.6 is 34.5 Å². The molecule has 0 bridgehead atoms. The minimum Gasteiger partial charge on any atom is -0.491 e. The second kappa shape index (κ2) is 15.1. The summed E-state index contributed by atoms with van der Waals surface area (Å²) in [5.74, 6) is 1.11. The predicted octanol–water partition coefficient (Wildman–Crippen LogP) is 7.95. The number of aromatic nitrogens is 3. The van der Waals surface area contributed by atoms with Gasteiger partial charge in [0.15, 0.2) is 0 Å². The summed E-state index contributed by atoms with van der Waals surface area (Å²) < 4.78 is 51.5. The number of carbonyl (C=O) groups excluding carboxylic acids is 1. The maximum Gasteiger partial charge on any atom is 0.522 e. The molecule has 0 fully saturated rings. The lowest BCUT2D eigenvalue weighted by molar-refractivity contribution is -0.343. The van der Waals surface area contributed by atoms with Gasteiger partial charge < -0.3 is 10.1 Å². The molecule has 0 spiro atoms. The molecule has 1 aromatic carbocycles. The molecule has 4 aromatic rings. The molecule has 1 aliphatic carbocycles. The Bertz CT molecular complexity index is 1890. The molecule has 8 nitrogen and oxygen atoms in total.